The Kier molecular flexibility index (Phi) is 14.0. The molecular formula is C39H31ClN10O16S5. The van der Waals surface area contributed by atoms with Gasteiger partial charge < -0.3 is 15.7 Å². The Labute approximate surface area is 406 Å². The standard InChI is InChI=1S/C39H31ClN10O16S5/c1-19-12-27(20(2)11-26(19)43-39-45-37(40)44-38(46-39)42-23-9-6-10-24(15-23)67(52,53)54)47-48-28-17-32(70(61,62)63)29(18-31(28)69(58,59)60)49-50-35-33(71(64,65)66)14-21-13-25(68(55,56)57)16-30(34(21)36(35)51)41-22-7-4-3-5-8-22/h3-18,41,51H,1-2H3,(H,52,53,54)(H,55,56,57)(H,58,59,60)(H,61,62,63)(H,64,65,66)(H2,42,43,44,45,46). The highest BCUT2D eigenvalue weighted by Crippen LogP contribution is 2.47. The van der Waals surface area contributed by atoms with Gasteiger partial charge in [-0.3, -0.25) is 27.7 Å². The number of rotatable bonds is 14. The van der Waals surface area contributed by atoms with Crippen molar-refractivity contribution >= 4 is 124 Å². The predicted octanol–water partition coefficient (Wildman–Crippen LogP) is 7.72. The van der Waals surface area contributed by atoms with Crippen molar-refractivity contribution in [3.05, 3.63) is 119 Å². The summed E-state index contributed by atoms with van der Waals surface area (Å²) in [5.41, 5.74) is -1.99. The minimum Gasteiger partial charge on any atom is -0.505 e. The summed E-state index contributed by atoms with van der Waals surface area (Å²) in [5.74, 6) is -1.15. The predicted molar refractivity (Wildman–Crippen MR) is 251 cm³/mol. The maximum absolute atomic E-state index is 12.8. The number of para-hydroxylation sites is 1. The number of aromatic amines is 1. The number of H-pyrrole nitrogens is 1. The maximum Gasteiger partial charge on any atom is 0.296 e. The Morgan fingerprint density at radius 1 is 0.549 bits per heavy atom. The molecule has 0 unspecified atom stereocenters. The lowest BCUT2D eigenvalue weighted by atomic mass is 10.1. The second-order valence-electron chi connectivity index (χ2n) is 14.7. The van der Waals surface area contributed by atoms with Crippen molar-refractivity contribution in [2.75, 3.05) is 10.6 Å². The number of aryl methyl sites for hydroxylation is 2. The molecule has 0 saturated heterocycles. The lowest BCUT2D eigenvalue weighted by molar-refractivity contribution is 0.472. The van der Waals surface area contributed by atoms with Crippen molar-refractivity contribution in [3.63, 3.8) is 0 Å². The van der Waals surface area contributed by atoms with Gasteiger partial charge in [0, 0.05) is 16.8 Å². The molecule has 1 aromatic heterocycles. The molecule has 0 fully saturated rings. The number of nitrogens with one attached hydrogen (secondary N) is 3. The van der Waals surface area contributed by atoms with Crippen molar-refractivity contribution in [1.82, 2.24) is 15.0 Å². The lowest BCUT2D eigenvalue weighted by Crippen LogP contribution is -2.16. The van der Waals surface area contributed by atoms with Gasteiger partial charge in [-0.2, -0.15) is 57.2 Å². The molecule has 7 rings (SSSR count). The summed E-state index contributed by atoms with van der Waals surface area (Å²) >= 11 is 6.12. The monoisotopic (exact) mass is 1090 g/mol. The molecule has 71 heavy (non-hydrogen) atoms. The Morgan fingerprint density at radius 3 is 1.73 bits per heavy atom. The fourth-order valence-corrected chi connectivity index (χ4v) is 9.62. The molecule has 32 heteroatoms. The largest absolute Gasteiger partial charge is 0.505 e. The van der Waals surface area contributed by atoms with Crippen LogP contribution >= 0.6 is 11.6 Å². The first-order valence-electron chi connectivity index (χ1n) is 19.2. The average Bonchev–Trinajstić information content (AvgIpc) is 3.25. The van der Waals surface area contributed by atoms with Crippen LogP contribution in [0.3, 0.4) is 0 Å². The quantitative estimate of drug-likeness (QED) is 0.0371. The summed E-state index contributed by atoms with van der Waals surface area (Å²) in [6.45, 7) is 3.13. The summed E-state index contributed by atoms with van der Waals surface area (Å²) in [4.78, 5) is 10.1. The molecule has 9 N–H and O–H groups in total. The van der Waals surface area contributed by atoms with Gasteiger partial charge in [0.15, 0.2) is 5.75 Å². The third-order valence-electron chi connectivity index (χ3n) is 9.65. The van der Waals surface area contributed by atoms with Gasteiger partial charge >= 0.3 is 0 Å². The topological polar surface area (TPSA) is 420 Å². The number of anilines is 4. The Morgan fingerprint density at radius 2 is 1.14 bits per heavy atom. The zero-order valence-electron chi connectivity index (χ0n) is 35.6. The van der Waals surface area contributed by atoms with E-state index in [2.05, 4.69) is 51.0 Å². The Hall–Kier alpha value is -7.17. The van der Waals surface area contributed by atoms with Gasteiger partial charge in [-0.25, -0.2) is 4.99 Å². The number of phenolic OH excluding ortho intramolecular Hbond substituents is 1. The molecule has 0 atom stereocenters. The molecule has 0 amide bonds. The van der Waals surface area contributed by atoms with Crippen LogP contribution in [0, 0.1) is 13.8 Å². The van der Waals surface area contributed by atoms with Gasteiger partial charge in [-0.05, 0) is 115 Å². The van der Waals surface area contributed by atoms with Crippen LogP contribution in [0.25, 0.3) is 10.8 Å². The van der Waals surface area contributed by atoms with Crippen molar-refractivity contribution in [2.24, 2.45) is 25.4 Å². The number of nitrogens with zero attached hydrogens (tertiary/aromatic N) is 7. The van der Waals surface area contributed by atoms with Crippen LogP contribution in [0.4, 0.5) is 51.4 Å². The van der Waals surface area contributed by atoms with E-state index < -0.39 is 103 Å². The Bertz CT molecular complexity index is 4090. The van der Waals surface area contributed by atoms with Crippen LogP contribution in [-0.2, 0) is 50.6 Å². The Balaban J connectivity index is 1.28. The summed E-state index contributed by atoms with van der Waals surface area (Å²) in [6, 6.07) is 18.8. The lowest BCUT2D eigenvalue weighted by Gasteiger charge is -2.15. The van der Waals surface area contributed by atoms with Crippen LogP contribution in [0.2, 0.25) is 5.28 Å². The van der Waals surface area contributed by atoms with E-state index in [4.69, 9.17) is 11.6 Å². The molecule has 6 aromatic carbocycles. The number of fused-ring (bicyclic) bond motifs is 1. The van der Waals surface area contributed by atoms with E-state index in [0.717, 1.165) is 24.3 Å². The third-order valence-corrected chi connectivity index (χ3v) is 14.1. The highest BCUT2D eigenvalue weighted by molar-refractivity contribution is 7.87. The van der Waals surface area contributed by atoms with Crippen molar-refractivity contribution in [2.45, 2.75) is 38.3 Å². The fourth-order valence-electron chi connectivity index (χ4n) is 6.48. The molecule has 0 aliphatic rings. The first-order chi connectivity index (χ1) is 32.9. The maximum atomic E-state index is 12.8. The molecule has 0 bridgehead atoms. The molecule has 1 heterocycles. The summed E-state index contributed by atoms with van der Waals surface area (Å²) < 4.78 is 174. The zero-order valence-corrected chi connectivity index (χ0v) is 40.4. The number of aromatic hydroxyl groups is 1. The number of phenols is 1. The van der Waals surface area contributed by atoms with E-state index in [9.17, 15) is 70.0 Å². The highest BCUT2D eigenvalue weighted by Gasteiger charge is 2.28. The van der Waals surface area contributed by atoms with Gasteiger partial charge in [-0.1, -0.05) is 24.3 Å². The molecule has 0 saturated carbocycles. The van der Waals surface area contributed by atoms with Crippen LogP contribution in [0.15, 0.2) is 147 Å². The molecule has 0 aliphatic heterocycles. The average molecular weight is 1090 g/mol. The summed E-state index contributed by atoms with van der Waals surface area (Å²) in [6.07, 6.45) is 0. The van der Waals surface area contributed by atoms with Gasteiger partial charge in [0.1, 0.15) is 31.7 Å². The minimum atomic E-state index is -5.46. The fraction of sp³-hybridized carbons (Fsp3) is 0.0513. The van der Waals surface area contributed by atoms with Gasteiger partial charge in [-0.15, -0.1) is 15.3 Å². The number of hydrogen-bond donors (Lipinski definition) is 9. The van der Waals surface area contributed by atoms with Crippen LogP contribution in [-0.4, -0.2) is 84.9 Å². The molecule has 26 nitrogen and oxygen atoms in total. The summed E-state index contributed by atoms with van der Waals surface area (Å²) in [5, 5.41) is 31.2. The van der Waals surface area contributed by atoms with E-state index in [1.54, 1.807) is 25.1 Å². The number of hydrogen-bond acceptors (Lipinski definition) is 20. The number of halogens is 1. The second-order valence-corrected chi connectivity index (χ2v) is 22.0. The van der Waals surface area contributed by atoms with Crippen molar-refractivity contribution in [1.29, 1.82) is 0 Å². The number of azo groups is 2. The van der Waals surface area contributed by atoms with Crippen LogP contribution < -0.4 is 16.3 Å². The van der Waals surface area contributed by atoms with Gasteiger partial charge in [0.25, 0.3) is 50.6 Å². The first kappa shape index (κ1) is 51.7. The van der Waals surface area contributed by atoms with E-state index in [0.29, 0.717) is 35.0 Å². The normalized spacial score (nSPS) is 13.1. The van der Waals surface area contributed by atoms with Crippen LogP contribution in [0.5, 0.6) is 5.75 Å². The molecule has 0 spiro atoms. The zero-order chi connectivity index (χ0) is 52.0. The van der Waals surface area contributed by atoms with E-state index in [1.807, 2.05) is 0 Å². The second kappa shape index (κ2) is 19.2. The van der Waals surface area contributed by atoms with Crippen molar-refractivity contribution < 1.29 is 70.0 Å². The highest BCUT2D eigenvalue weighted by atomic mass is 35.5. The minimum absolute atomic E-state index is 0.0107. The summed E-state index contributed by atoms with van der Waals surface area (Å²) in [7, 11) is -25.8. The van der Waals surface area contributed by atoms with E-state index in [-0.39, 0.29) is 45.0 Å². The number of benzene rings is 6. The van der Waals surface area contributed by atoms with Gasteiger partial charge in [0.2, 0.25) is 16.9 Å². The van der Waals surface area contributed by atoms with E-state index >= 15 is 0 Å². The van der Waals surface area contributed by atoms with Crippen LogP contribution in [0.1, 0.15) is 11.1 Å². The van der Waals surface area contributed by atoms with Gasteiger partial charge in [0.05, 0.1) is 26.9 Å². The first-order valence-corrected chi connectivity index (χ1v) is 26.8. The SMILES string of the molecule is Cc1cc(Nc2nc(Cl)nc(=Nc3cccc(S(=O)(=O)O)c3)[nH]2)c(C)cc1N=Nc1cc(S(=O)(=O)O)c(N=Nc2c(S(=O)(=O)O)cc3cc(S(=O)(=O)O)cc(Nc4ccccc4)c3c2O)cc1S(=O)(=O)O. The third kappa shape index (κ3) is 12.1. The smallest absolute Gasteiger partial charge is 0.296 e. The molecular weight excluding hydrogens is 1060 g/mol. The molecule has 370 valence electrons. The van der Waals surface area contributed by atoms with E-state index in [1.165, 1.54) is 43.3 Å². The number of aromatic nitrogens is 3. The van der Waals surface area contributed by atoms with Crippen molar-refractivity contribution in [3.8, 4) is 5.75 Å². The molecule has 0 radical (unpaired) electrons. The molecule has 0 aliphatic carbocycles. The molecule has 7 aromatic rings.